The van der Waals surface area contributed by atoms with Crippen LogP contribution in [0.3, 0.4) is 0 Å². The van der Waals surface area contributed by atoms with Crippen LogP contribution >= 0.6 is 0 Å². The summed E-state index contributed by atoms with van der Waals surface area (Å²) in [6.07, 6.45) is 12.9. The topological polar surface area (TPSA) is 15.3 Å². The molecule has 0 aromatic heterocycles. The first-order valence-electron chi connectivity index (χ1n) is 8.75. The summed E-state index contributed by atoms with van der Waals surface area (Å²) in [6, 6.07) is 1.67. The summed E-state index contributed by atoms with van der Waals surface area (Å²) < 4.78 is 0. The Bertz CT molecular complexity index is 296. The lowest BCUT2D eigenvalue weighted by Gasteiger charge is -2.52. The SMILES string of the molecule is CCC1CNC2(CCCCC2)CN1C1CCCC1C. The minimum Gasteiger partial charge on any atom is -0.308 e. The average molecular weight is 264 g/mol. The van der Waals surface area contributed by atoms with Gasteiger partial charge in [-0.15, -0.1) is 0 Å². The number of nitrogens with one attached hydrogen (secondary N) is 1. The predicted molar refractivity (Wildman–Crippen MR) is 81.4 cm³/mol. The van der Waals surface area contributed by atoms with E-state index in [0.717, 1.165) is 18.0 Å². The largest absolute Gasteiger partial charge is 0.308 e. The van der Waals surface area contributed by atoms with E-state index in [1.54, 1.807) is 0 Å². The lowest BCUT2D eigenvalue weighted by atomic mass is 9.78. The molecule has 2 saturated carbocycles. The predicted octanol–water partition coefficient (Wildman–Crippen LogP) is 3.56. The second kappa shape index (κ2) is 5.73. The quantitative estimate of drug-likeness (QED) is 0.820. The molecule has 2 aliphatic carbocycles. The van der Waals surface area contributed by atoms with Crippen LogP contribution in [0.5, 0.6) is 0 Å². The van der Waals surface area contributed by atoms with E-state index in [4.69, 9.17) is 0 Å². The molecule has 0 aromatic rings. The van der Waals surface area contributed by atoms with Crippen LogP contribution in [0.15, 0.2) is 0 Å². The van der Waals surface area contributed by atoms with Crippen molar-refractivity contribution in [1.29, 1.82) is 0 Å². The van der Waals surface area contributed by atoms with Crippen molar-refractivity contribution in [3.05, 3.63) is 0 Å². The Morgan fingerprint density at radius 2 is 1.89 bits per heavy atom. The molecule has 2 nitrogen and oxygen atoms in total. The summed E-state index contributed by atoms with van der Waals surface area (Å²) in [7, 11) is 0. The van der Waals surface area contributed by atoms with Crippen molar-refractivity contribution >= 4 is 0 Å². The fourth-order valence-electron chi connectivity index (χ4n) is 4.93. The van der Waals surface area contributed by atoms with Crippen molar-refractivity contribution in [2.45, 2.75) is 89.3 Å². The fourth-order valence-corrected chi connectivity index (χ4v) is 4.93. The summed E-state index contributed by atoms with van der Waals surface area (Å²) in [5.74, 6) is 0.924. The normalized spacial score (nSPS) is 39.8. The van der Waals surface area contributed by atoms with Crippen molar-refractivity contribution in [1.82, 2.24) is 10.2 Å². The number of hydrogen-bond acceptors (Lipinski definition) is 2. The van der Waals surface area contributed by atoms with Crippen LogP contribution in [0.1, 0.15) is 71.6 Å². The summed E-state index contributed by atoms with van der Waals surface area (Å²) in [6.45, 7) is 7.43. The molecule has 2 heteroatoms. The molecular formula is C17H32N2. The van der Waals surface area contributed by atoms with Crippen molar-refractivity contribution in [3.8, 4) is 0 Å². The molecule has 1 heterocycles. The summed E-state index contributed by atoms with van der Waals surface area (Å²) >= 11 is 0. The van der Waals surface area contributed by atoms with Crippen LogP contribution in [-0.4, -0.2) is 35.6 Å². The minimum absolute atomic E-state index is 0.478. The molecule has 3 rings (SSSR count). The summed E-state index contributed by atoms with van der Waals surface area (Å²) in [5.41, 5.74) is 0.478. The van der Waals surface area contributed by atoms with Crippen LogP contribution in [0.25, 0.3) is 0 Å². The Morgan fingerprint density at radius 1 is 1.11 bits per heavy atom. The van der Waals surface area contributed by atoms with Crippen LogP contribution in [0, 0.1) is 5.92 Å². The van der Waals surface area contributed by atoms with Gasteiger partial charge in [-0.25, -0.2) is 0 Å². The Balaban J connectivity index is 1.74. The monoisotopic (exact) mass is 264 g/mol. The molecule has 3 atom stereocenters. The van der Waals surface area contributed by atoms with E-state index in [1.165, 1.54) is 70.9 Å². The Labute approximate surface area is 119 Å². The number of piperazine rings is 1. The summed E-state index contributed by atoms with van der Waals surface area (Å²) in [4.78, 5) is 2.93. The summed E-state index contributed by atoms with van der Waals surface area (Å²) in [5, 5.41) is 3.96. The van der Waals surface area contributed by atoms with E-state index >= 15 is 0 Å². The van der Waals surface area contributed by atoms with Gasteiger partial charge in [0.05, 0.1) is 0 Å². The highest BCUT2D eigenvalue weighted by molar-refractivity contribution is 5.02. The zero-order valence-electron chi connectivity index (χ0n) is 13.0. The zero-order chi connectivity index (χ0) is 13.3. The Morgan fingerprint density at radius 3 is 2.53 bits per heavy atom. The van der Waals surface area contributed by atoms with Crippen LogP contribution in [0.4, 0.5) is 0 Å². The van der Waals surface area contributed by atoms with E-state index in [2.05, 4.69) is 24.1 Å². The lowest BCUT2D eigenvalue weighted by molar-refractivity contribution is 0.0127. The second-order valence-electron chi connectivity index (χ2n) is 7.43. The van der Waals surface area contributed by atoms with E-state index in [0.29, 0.717) is 5.54 Å². The maximum absolute atomic E-state index is 3.96. The first-order chi connectivity index (χ1) is 9.24. The molecule has 0 aromatic carbocycles. The van der Waals surface area contributed by atoms with Crippen LogP contribution in [-0.2, 0) is 0 Å². The highest BCUT2D eigenvalue weighted by Crippen LogP contribution is 2.37. The average Bonchev–Trinajstić information content (AvgIpc) is 2.86. The van der Waals surface area contributed by atoms with Gasteiger partial charge < -0.3 is 5.32 Å². The fraction of sp³-hybridized carbons (Fsp3) is 1.00. The molecule has 3 fully saturated rings. The highest BCUT2D eigenvalue weighted by atomic mass is 15.3. The molecule has 1 saturated heterocycles. The Hall–Kier alpha value is -0.0800. The van der Waals surface area contributed by atoms with E-state index in [1.807, 2.05) is 0 Å². The van der Waals surface area contributed by atoms with Crippen molar-refractivity contribution in [2.75, 3.05) is 13.1 Å². The van der Waals surface area contributed by atoms with Gasteiger partial charge >= 0.3 is 0 Å². The van der Waals surface area contributed by atoms with Gasteiger partial charge in [-0.2, -0.15) is 0 Å². The number of nitrogens with zero attached hydrogens (tertiary/aromatic N) is 1. The maximum Gasteiger partial charge on any atom is 0.0309 e. The standard InChI is InChI=1S/C17H32N2/c1-3-15-12-18-17(10-5-4-6-11-17)13-19(15)16-9-7-8-14(16)2/h14-16,18H,3-13H2,1-2H3. The van der Waals surface area contributed by atoms with E-state index < -0.39 is 0 Å². The van der Waals surface area contributed by atoms with Gasteiger partial charge in [0.25, 0.3) is 0 Å². The third-order valence-corrected chi connectivity index (χ3v) is 6.19. The molecule has 19 heavy (non-hydrogen) atoms. The highest BCUT2D eigenvalue weighted by Gasteiger charge is 2.43. The number of hydrogen-bond donors (Lipinski definition) is 1. The van der Waals surface area contributed by atoms with Gasteiger partial charge in [0.15, 0.2) is 0 Å². The van der Waals surface area contributed by atoms with Gasteiger partial charge in [0, 0.05) is 30.7 Å². The van der Waals surface area contributed by atoms with Crippen molar-refractivity contribution in [3.63, 3.8) is 0 Å². The molecule has 3 unspecified atom stereocenters. The van der Waals surface area contributed by atoms with Gasteiger partial charge in [-0.05, 0) is 38.0 Å². The molecule has 1 N–H and O–H groups in total. The molecule has 110 valence electrons. The van der Waals surface area contributed by atoms with E-state index in [-0.39, 0.29) is 0 Å². The maximum atomic E-state index is 3.96. The molecule has 0 radical (unpaired) electrons. The number of rotatable bonds is 2. The second-order valence-corrected chi connectivity index (χ2v) is 7.43. The molecule has 3 aliphatic rings. The van der Waals surface area contributed by atoms with Gasteiger partial charge in [-0.3, -0.25) is 4.90 Å². The third kappa shape index (κ3) is 2.71. The molecule has 0 amide bonds. The van der Waals surface area contributed by atoms with E-state index in [9.17, 15) is 0 Å². The smallest absolute Gasteiger partial charge is 0.0309 e. The van der Waals surface area contributed by atoms with Crippen LogP contribution < -0.4 is 5.32 Å². The zero-order valence-corrected chi connectivity index (χ0v) is 13.0. The minimum atomic E-state index is 0.478. The first kappa shape index (κ1) is 13.9. The van der Waals surface area contributed by atoms with Gasteiger partial charge in [-0.1, -0.05) is 39.5 Å². The van der Waals surface area contributed by atoms with Gasteiger partial charge in [0.1, 0.15) is 0 Å². The Kier molecular flexibility index (Phi) is 4.19. The molecule has 1 aliphatic heterocycles. The molecular weight excluding hydrogens is 232 g/mol. The lowest BCUT2D eigenvalue weighted by Crippen LogP contribution is -2.66. The van der Waals surface area contributed by atoms with Crippen molar-refractivity contribution < 1.29 is 0 Å². The molecule has 1 spiro atoms. The van der Waals surface area contributed by atoms with Crippen LogP contribution in [0.2, 0.25) is 0 Å². The first-order valence-corrected chi connectivity index (χ1v) is 8.75. The third-order valence-electron chi connectivity index (χ3n) is 6.19. The van der Waals surface area contributed by atoms with Gasteiger partial charge in [0.2, 0.25) is 0 Å². The van der Waals surface area contributed by atoms with Crippen molar-refractivity contribution in [2.24, 2.45) is 5.92 Å². The molecule has 0 bridgehead atoms.